The molecule has 1 aromatic rings. The number of rotatable bonds is 2. The van der Waals surface area contributed by atoms with Gasteiger partial charge in [0, 0.05) is 16.5 Å². The Hall–Kier alpha value is -1.04. The molecule has 0 bridgehead atoms. The highest BCUT2D eigenvalue weighted by atomic mass is 35.5. The van der Waals surface area contributed by atoms with Crippen molar-refractivity contribution in [1.29, 1.82) is 5.26 Å². The number of ketones is 1. The molecule has 1 aliphatic rings. The standard InChI is InChI=1S/C14H13Cl2NO/c15-11-4-5-12(16)10(7-11)8-14(9-17)6-2-1-3-13(14)18/h4-5,7H,1-3,6,8H2. The summed E-state index contributed by atoms with van der Waals surface area (Å²) in [5.41, 5.74) is -0.131. The van der Waals surface area contributed by atoms with Crippen LogP contribution < -0.4 is 0 Å². The molecule has 18 heavy (non-hydrogen) atoms. The van der Waals surface area contributed by atoms with Gasteiger partial charge in [-0.15, -0.1) is 0 Å². The summed E-state index contributed by atoms with van der Waals surface area (Å²) in [4.78, 5) is 12.0. The van der Waals surface area contributed by atoms with Crippen LogP contribution in [0.4, 0.5) is 0 Å². The number of hydrogen-bond donors (Lipinski definition) is 0. The first kappa shape index (κ1) is 13.4. The van der Waals surface area contributed by atoms with Gasteiger partial charge in [-0.2, -0.15) is 5.26 Å². The highest BCUT2D eigenvalue weighted by Gasteiger charge is 2.40. The van der Waals surface area contributed by atoms with Gasteiger partial charge in [-0.1, -0.05) is 29.6 Å². The summed E-state index contributed by atoms with van der Waals surface area (Å²) in [7, 11) is 0. The van der Waals surface area contributed by atoms with Crippen LogP contribution in [0, 0.1) is 16.7 Å². The van der Waals surface area contributed by atoms with Crippen LogP contribution in [0.3, 0.4) is 0 Å². The summed E-state index contributed by atoms with van der Waals surface area (Å²) in [6, 6.07) is 7.36. The molecule has 0 heterocycles. The van der Waals surface area contributed by atoms with E-state index < -0.39 is 5.41 Å². The fourth-order valence-electron chi connectivity index (χ4n) is 2.44. The highest BCUT2D eigenvalue weighted by molar-refractivity contribution is 6.33. The van der Waals surface area contributed by atoms with E-state index in [1.54, 1.807) is 18.2 Å². The summed E-state index contributed by atoms with van der Waals surface area (Å²) in [5.74, 6) is 0.0345. The van der Waals surface area contributed by atoms with E-state index in [0.29, 0.717) is 29.3 Å². The van der Waals surface area contributed by atoms with Crippen LogP contribution in [0.2, 0.25) is 10.0 Å². The summed E-state index contributed by atoms with van der Waals surface area (Å²) in [6.45, 7) is 0. The molecular formula is C14H13Cl2NO. The predicted molar refractivity (Wildman–Crippen MR) is 71.7 cm³/mol. The Balaban J connectivity index is 2.33. The second-order valence-electron chi connectivity index (χ2n) is 4.74. The molecule has 94 valence electrons. The number of carbonyl (C=O) groups excluding carboxylic acids is 1. The van der Waals surface area contributed by atoms with Gasteiger partial charge >= 0.3 is 0 Å². The van der Waals surface area contributed by atoms with Crippen molar-refractivity contribution in [3.63, 3.8) is 0 Å². The molecule has 0 spiro atoms. The van der Waals surface area contributed by atoms with Crippen LogP contribution in [0.25, 0.3) is 0 Å². The lowest BCUT2D eigenvalue weighted by molar-refractivity contribution is -0.128. The first-order chi connectivity index (χ1) is 8.57. The van der Waals surface area contributed by atoms with Crippen LogP contribution in [0.1, 0.15) is 31.2 Å². The summed E-state index contributed by atoms with van der Waals surface area (Å²) >= 11 is 12.0. The molecular weight excluding hydrogens is 269 g/mol. The smallest absolute Gasteiger partial charge is 0.153 e. The first-order valence-corrected chi connectivity index (χ1v) is 6.71. The Labute approximate surface area is 117 Å². The monoisotopic (exact) mass is 281 g/mol. The van der Waals surface area contributed by atoms with Gasteiger partial charge in [-0.05, 0) is 43.0 Å². The van der Waals surface area contributed by atoms with Gasteiger partial charge in [0.2, 0.25) is 0 Å². The second kappa shape index (κ2) is 5.30. The number of carbonyl (C=O) groups is 1. The van der Waals surface area contributed by atoms with Gasteiger partial charge in [0.05, 0.1) is 6.07 Å². The quantitative estimate of drug-likeness (QED) is 0.816. The van der Waals surface area contributed by atoms with Crippen LogP contribution in [-0.2, 0) is 11.2 Å². The van der Waals surface area contributed by atoms with Gasteiger partial charge < -0.3 is 0 Å². The molecule has 1 atom stereocenters. The van der Waals surface area contributed by atoms with Gasteiger partial charge in [0.25, 0.3) is 0 Å². The first-order valence-electron chi connectivity index (χ1n) is 5.96. The van der Waals surface area contributed by atoms with E-state index >= 15 is 0 Å². The Kier molecular flexibility index (Phi) is 3.94. The van der Waals surface area contributed by atoms with E-state index in [-0.39, 0.29) is 5.78 Å². The molecule has 1 aromatic carbocycles. The molecule has 0 radical (unpaired) electrons. The van der Waals surface area contributed by atoms with E-state index in [2.05, 4.69) is 6.07 Å². The normalized spacial score (nSPS) is 23.7. The molecule has 4 heteroatoms. The minimum absolute atomic E-state index is 0.0345. The largest absolute Gasteiger partial charge is 0.298 e. The van der Waals surface area contributed by atoms with E-state index in [4.69, 9.17) is 23.2 Å². The lowest BCUT2D eigenvalue weighted by Crippen LogP contribution is -2.35. The maximum atomic E-state index is 12.0. The van der Waals surface area contributed by atoms with Gasteiger partial charge in [-0.3, -0.25) is 4.79 Å². The number of benzene rings is 1. The van der Waals surface area contributed by atoms with E-state index in [1.807, 2.05) is 0 Å². The van der Waals surface area contributed by atoms with Crippen molar-refractivity contribution in [3.8, 4) is 6.07 Å². The zero-order chi connectivity index (χ0) is 13.2. The molecule has 2 rings (SSSR count). The molecule has 0 N–H and O–H groups in total. The van der Waals surface area contributed by atoms with Crippen LogP contribution in [0.15, 0.2) is 18.2 Å². The fraction of sp³-hybridized carbons (Fsp3) is 0.429. The maximum absolute atomic E-state index is 12.0. The van der Waals surface area contributed by atoms with Crippen molar-refractivity contribution in [2.45, 2.75) is 32.1 Å². The summed E-state index contributed by atoms with van der Waals surface area (Å²) in [6.07, 6.45) is 3.27. The zero-order valence-electron chi connectivity index (χ0n) is 9.88. The van der Waals surface area contributed by atoms with Gasteiger partial charge in [0.15, 0.2) is 5.78 Å². The van der Waals surface area contributed by atoms with Crippen molar-refractivity contribution in [1.82, 2.24) is 0 Å². The van der Waals surface area contributed by atoms with E-state index in [0.717, 1.165) is 18.4 Å². The third-order valence-corrected chi connectivity index (χ3v) is 4.11. The molecule has 1 unspecified atom stereocenters. The Morgan fingerprint density at radius 1 is 1.33 bits per heavy atom. The zero-order valence-corrected chi connectivity index (χ0v) is 11.4. The molecule has 1 fully saturated rings. The van der Waals surface area contributed by atoms with E-state index in [1.165, 1.54) is 0 Å². The van der Waals surface area contributed by atoms with Gasteiger partial charge in [-0.25, -0.2) is 0 Å². The van der Waals surface area contributed by atoms with Crippen molar-refractivity contribution in [2.75, 3.05) is 0 Å². The number of hydrogen-bond acceptors (Lipinski definition) is 2. The van der Waals surface area contributed by atoms with Crippen LogP contribution in [0.5, 0.6) is 0 Å². The number of nitrogens with zero attached hydrogens (tertiary/aromatic N) is 1. The molecule has 0 amide bonds. The number of nitriles is 1. The third-order valence-electron chi connectivity index (χ3n) is 3.51. The molecule has 0 saturated heterocycles. The highest BCUT2D eigenvalue weighted by Crippen LogP contribution is 2.37. The van der Waals surface area contributed by atoms with Crippen LogP contribution >= 0.6 is 23.2 Å². The lowest BCUT2D eigenvalue weighted by atomic mass is 9.70. The Bertz CT molecular complexity index is 521. The third kappa shape index (κ3) is 2.53. The van der Waals surface area contributed by atoms with Gasteiger partial charge in [0.1, 0.15) is 5.41 Å². The average molecular weight is 282 g/mol. The summed E-state index contributed by atoms with van der Waals surface area (Å²) in [5, 5.41) is 10.5. The van der Waals surface area contributed by atoms with Crippen LogP contribution in [-0.4, -0.2) is 5.78 Å². The molecule has 1 aliphatic carbocycles. The fourth-order valence-corrected chi connectivity index (χ4v) is 2.82. The Morgan fingerprint density at radius 2 is 2.11 bits per heavy atom. The minimum atomic E-state index is -0.910. The van der Waals surface area contributed by atoms with Crippen molar-refractivity contribution >= 4 is 29.0 Å². The predicted octanol–water partition coefficient (Wildman–Crippen LogP) is 4.19. The maximum Gasteiger partial charge on any atom is 0.153 e. The Morgan fingerprint density at radius 3 is 2.78 bits per heavy atom. The van der Waals surface area contributed by atoms with E-state index in [9.17, 15) is 10.1 Å². The molecule has 0 aromatic heterocycles. The molecule has 1 saturated carbocycles. The lowest BCUT2D eigenvalue weighted by Gasteiger charge is -2.29. The topological polar surface area (TPSA) is 40.9 Å². The molecule has 2 nitrogen and oxygen atoms in total. The number of halogens is 2. The SMILES string of the molecule is N#CC1(Cc2cc(Cl)ccc2Cl)CCCCC1=O. The molecule has 0 aliphatic heterocycles. The summed E-state index contributed by atoms with van der Waals surface area (Å²) < 4.78 is 0. The van der Waals surface area contributed by atoms with Crippen molar-refractivity contribution < 1.29 is 4.79 Å². The average Bonchev–Trinajstić information content (AvgIpc) is 2.37. The second-order valence-corrected chi connectivity index (χ2v) is 5.58. The minimum Gasteiger partial charge on any atom is -0.298 e. The van der Waals surface area contributed by atoms with Crippen molar-refractivity contribution in [3.05, 3.63) is 33.8 Å². The van der Waals surface area contributed by atoms with Crippen molar-refractivity contribution in [2.24, 2.45) is 5.41 Å². The number of Topliss-reactive ketones (excluding diaryl/α,β-unsaturated/α-hetero) is 1.